The predicted molar refractivity (Wildman–Crippen MR) is 119 cm³/mol. The molecule has 1 aliphatic rings. The van der Waals surface area contributed by atoms with Crippen molar-refractivity contribution in [3.8, 4) is 6.07 Å². The third kappa shape index (κ3) is 3.79. The van der Waals surface area contributed by atoms with E-state index in [-0.39, 0.29) is 29.9 Å². The molecule has 14 heteroatoms. The number of nitrogens with one attached hydrogen (secondary N) is 1. The zero-order chi connectivity index (χ0) is 22.6. The SMILES string of the molecule is N#Cc1c[nH]c2ncnc(N3CCC[C@H]3c3nn4ccc(Cl)c4c(=O)n3CC(F)(F)F)c12.S. The van der Waals surface area contributed by atoms with E-state index in [1.807, 2.05) is 0 Å². The molecule has 33 heavy (non-hydrogen) atoms. The fourth-order valence-corrected chi connectivity index (χ4v) is 4.42. The van der Waals surface area contributed by atoms with Gasteiger partial charge in [0.2, 0.25) is 0 Å². The van der Waals surface area contributed by atoms with Gasteiger partial charge < -0.3 is 9.88 Å². The number of fused-ring (bicyclic) bond motifs is 2. The lowest BCUT2D eigenvalue weighted by Gasteiger charge is -2.28. The van der Waals surface area contributed by atoms with Gasteiger partial charge in [-0.2, -0.15) is 37.0 Å². The number of alkyl halides is 3. The number of hydrogen-bond donors (Lipinski definition) is 1. The molecule has 9 nitrogen and oxygen atoms in total. The number of H-pyrrole nitrogens is 1. The predicted octanol–water partition coefficient (Wildman–Crippen LogP) is 3.31. The van der Waals surface area contributed by atoms with Gasteiger partial charge in [0.1, 0.15) is 35.9 Å². The summed E-state index contributed by atoms with van der Waals surface area (Å²) in [5.74, 6) is 0.346. The van der Waals surface area contributed by atoms with Crippen molar-refractivity contribution in [1.82, 2.24) is 29.1 Å². The van der Waals surface area contributed by atoms with Crippen LogP contribution in [0.5, 0.6) is 0 Å². The van der Waals surface area contributed by atoms with E-state index in [2.05, 4.69) is 26.1 Å². The highest BCUT2D eigenvalue weighted by molar-refractivity contribution is 7.59. The van der Waals surface area contributed by atoms with E-state index in [1.54, 1.807) is 4.90 Å². The van der Waals surface area contributed by atoms with Crippen LogP contribution in [0, 0.1) is 11.3 Å². The lowest BCUT2D eigenvalue weighted by atomic mass is 10.1. The Bertz CT molecular complexity index is 1450. The van der Waals surface area contributed by atoms with Gasteiger partial charge in [-0.05, 0) is 18.9 Å². The fourth-order valence-electron chi connectivity index (χ4n) is 4.20. The first-order valence-electron chi connectivity index (χ1n) is 9.61. The van der Waals surface area contributed by atoms with Gasteiger partial charge >= 0.3 is 6.18 Å². The molecule has 0 bridgehead atoms. The third-order valence-corrected chi connectivity index (χ3v) is 5.79. The molecule has 0 saturated carbocycles. The maximum Gasteiger partial charge on any atom is 0.406 e. The molecule has 1 N–H and O–H groups in total. The molecule has 1 saturated heterocycles. The van der Waals surface area contributed by atoms with E-state index in [1.165, 1.54) is 29.3 Å². The highest BCUT2D eigenvalue weighted by Crippen LogP contribution is 2.38. The molecule has 0 aromatic carbocycles. The van der Waals surface area contributed by atoms with Crippen LogP contribution in [0.4, 0.5) is 19.0 Å². The van der Waals surface area contributed by atoms with E-state index in [0.29, 0.717) is 46.4 Å². The average molecular weight is 497 g/mol. The summed E-state index contributed by atoms with van der Waals surface area (Å²) < 4.78 is 42.0. The quantitative estimate of drug-likeness (QED) is 0.466. The number of nitriles is 1. The van der Waals surface area contributed by atoms with Crippen LogP contribution in [0.25, 0.3) is 16.6 Å². The number of aromatic nitrogens is 6. The molecule has 0 aliphatic carbocycles. The number of halogens is 4. The maximum atomic E-state index is 13.4. The molecule has 0 amide bonds. The van der Waals surface area contributed by atoms with Gasteiger partial charge in [0.15, 0.2) is 5.82 Å². The second-order valence-corrected chi connectivity index (χ2v) is 7.82. The van der Waals surface area contributed by atoms with E-state index >= 15 is 0 Å². The van der Waals surface area contributed by atoms with Crippen molar-refractivity contribution in [1.29, 1.82) is 5.26 Å². The van der Waals surface area contributed by atoms with E-state index < -0.39 is 24.3 Å². The van der Waals surface area contributed by atoms with Crippen molar-refractivity contribution >= 4 is 47.5 Å². The lowest BCUT2D eigenvalue weighted by molar-refractivity contribution is -0.141. The molecule has 4 aromatic rings. The maximum absolute atomic E-state index is 13.4. The van der Waals surface area contributed by atoms with Gasteiger partial charge in [-0.15, -0.1) is 0 Å². The molecule has 1 fully saturated rings. The second-order valence-electron chi connectivity index (χ2n) is 7.41. The molecule has 4 aromatic heterocycles. The number of rotatable bonds is 3. The Labute approximate surface area is 195 Å². The van der Waals surface area contributed by atoms with E-state index in [4.69, 9.17) is 11.6 Å². The molecule has 0 spiro atoms. The number of nitrogens with zero attached hydrogens (tertiary/aromatic N) is 7. The minimum Gasteiger partial charge on any atom is -0.346 e. The van der Waals surface area contributed by atoms with Gasteiger partial charge in [0.05, 0.1) is 22.0 Å². The smallest absolute Gasteiger partial charge is 0.346 e. The van der Waals surface area contributed by atoms with Crippen LogP contribution in [0.15, 0.2) is 29.6 Å². The van der Waals surface area contributed by atoms with E-state index in [9.17, 15) is 23.2 Å². The first-order valence-corrected chi connectivity index (χ1v) is 9.99. The van der Waals surface area contributed by atoms with Gasteiger partial charge in [0, 0.05) is 18.9 Å². The van der Waals surface area contributed by atoms with E-state index in [0.717, 1.165) is 0 Å². The highest BCUT2D eigenvalue weighted by Gasteiger charge is 2.37. The lowest BCUT2D eigenvalue weighted by Crippen LogP contribution is -2.37. The first-order chi connectivity index (χ1) is 15.3. The van der Waals surface area contributed by atoms with Crippen LogP contribution in [0.1, 0.15) is 30.3 Å². The monoisotopic (exact) mass is 496 g/mol. The van der Waals surface area contributed by atoms with Crippen molar-refractivity contribution in [2.45, 2.75) is 31.6 Å². The minimum absolute atomic E-state index is 0. The van der Waals surface area contributed by atoms with Crippen LogP contribution in [-0.2, 0) is 6.54 Å². The van der Waals surface area contributed by atoms with Crippen molar-refractivity contribution in [2.75, 3.05) is 11.4 Å². The van der Waals surface area contributed by atoms with Gasteiger partial charge in [-0.1, -0.05) is 11.6 Å². The summed E-state index contributed by atoms with van der Waals surface area (Å²) in [7, 11) is 0. The molecule has 0 unspecified atom stereocenters. The Balaban J connectivity index is 0.00000259. The molecular weight excluding hydrogens is 481 g/mol. The fraction of sp³-hybridized carbons (Fsp3) is 0.316. The normalized spacial score (nSPS) is 16.3. The Morgan fingerprint density at radius 3 is 2.85 bits per heavy atom. The summed E-state index contributed by atoms with van der Waals surface area (Å²) >= 11 is 6.03. The average Bonchev–Trinajstić information content (AvgIpc) is 3.47. The summed E-state index contributed by atoms with van der Waals surface area (Å²) in [6, 6.07) is 2.81. The van der Waals surface area contributed by atoms with Crippen molar-refractivity contribution < 1.29 is 13.2 Å². The Morgan fingerprint density at radius 2 is 2.12 bits per heavy atom. The highest BCUT2D eigenvalue weighted by atomic mass is 35.5. The Kier molecular flexibility index (Phi) is 5.75. The van der Waals surface area contributed by atoms with Gasteiger partial charge in [-0.25, -0.2) is 14.5 Å². The third-order valence-electron chi connectivity index (χ3n) is 5.48. The molecule has 5 heterocycles. The standard InChI is InChI=1S/C19H14ClF3N8O.H2S/c20-11-3-5-31-14(11)18(32)30(8-19(21,22)23)16(28-31)12-2-1-4-29(12)17-13-10(6-24)7-25-15(13)26-9-27-17;/h3,5,7,9,12H,1-2,4,8H2,(H,25,26,27);1H2/t12-;/m0./s1. The molecular formula is C19H16ClF3N8OS. The summed E-state index contributed by atoms with van der Waals surface area (Å²) in [6.07, 6.45) is 0.688. The van der Waals surface area contributed by atoms with Crippen LogP contribution in [0.2, 0.25) is 5.02 Å². The summed E-state index contributed by atoms with van der Waals surface area (Å²) in [6.45, 7) is -1.04. The second kappa shape index (κ2) is 8.27. The number of aromatic amines is 1. The zero-order valence-corrected chi connectivity index (χ0v) is 18.5. The van der Waals surface area contributed by atoms with Crippen molar-refractivity contribution in [2.24, 2.45) is 0 Å². The topological polar surface area (TPSA) is 108 Å². The molecule has 0 radical (unpaired) electrons. The van der Waals surface area contributed by atoms with Crippen LogP contribution < -0.4 is 10.5 Å². The molecule has 5 rings (SSSR count). The van der Waals surface area contributed by atoms with Crippen molar-refractivity contribution in [3.05, 3.63) is 51.6 Å². The van der Waals surface area contributed by atoms with Crippen LogP contribution >= 0.6 is 25.1 Å². The largest absolute Gasteiger partial charge is 0.406 e. The molecule has 172 valence electrons. The summed E-state index contributed by atoms with van der Waals surface area (Å²) in [5, 5.41) is 14.3. The molecule has 1 atom stereocenters. The van der Waals surface area contributed by atoms with Crippen LogP contribution in [0.3, 0.4) is 0 Å². The molecule has 1 aliphatic heterocycles. The number of hydrogen-bond acceptors (Lipinski definition) is 6. The summed E-state index contributed by atoms with van der Waals surface area (Å²) in [5.41, 5.74) is -0.243. The number of anilines is 1. The Hall–Kier alpha value is -3.24. The Morgan fingerprint density at radius 1 is 1.33 bits per heavy atom. The zero-order valence-electron chi connectivity index (χ0n) is 16.8. The summed E-state index contributed by atoms with van der Waals surface area (Å²) in [4.78, 5) is 26.1. The first kappa shape index (κ1) is 22.9. The minimum atomic E-state index is -4.64. The van der Waals surface area contributed by atoms with Crippen molar-refractivity contribution in [3.63, 3.8) is 0 Å². The van der Waals surface area contributed by atoms with Gasteiger partial charge in [-0.3, -0.25) is 9.36 Å². The van der Waals surface area contributed by atoms with Gasteiger partial charge in [0.25, 0.3) is 5.56 Å². The van der Waals surface area contributed by atoms with Crippen LogP contribution in [-0.4, -0.2) is 41.9 Å².